The lowest BCUT2D eigenvalue weighted by Crippen LogP contribution is -2.40. The van der Waals surface area contributed by atoms with E-state index in [1.165, 1.54) is 15.4 Å². The minimum atomic E-state index is -0.222. The summed E-state index contributed by atoms with van der Waals surface area (Å²) in [6, 6.07) is 7.18. The maximum Gasteiger partial charge on any atom is 0.223 e. The first-order chi connectivity index (χ1) is 12.0. The topological polar surface area (TPSA) is 32.3 Å². The minimum absolute atomic E-state index is 0.0540. The molecule has 25 heavy (non-hydrogen) atoms. The average Bonchev–Trinajstić information content (AvgIpc) is 3.01. The van der Waals surface area contributed by atoms with Gasteiger partial charge in [-0.3, -0.25) is 9.69 Å². The van der Waals surface area contributed by atoms with Crippen molar-refractivity contribution >= 4 is 33.2 Å². The lowest BCUT2D eigenvalue weighted by atomic mass is 9.95. The number of hydrogen-bond donors (Lipinski definition) is 1. The fourth-order valence-corrected chi connectivity index (χ4v) is 4.59. The van der Waals surface area contributed by atoms with Crippen LogP contribution in [0.1, 0.15) is 28.8 Å². The predicted molar refractivity (Wildman–Crippen MR) is 103 cm³/mol. The van der Waals surface area contributed by atoms with Crippen molar-refractivity contribution in [2.45, 2.75) is 32.9 Å². The van der Waals surface area contributed by atoms with Gasteiger partial charge in [-0.1, -0.05) is 12.1 Å². The SMILES string of the molecule is Cc1ccc(CNC(=O)C2CCN(Cc3sccc3Br)CC2)cc1F. The predicted octanol–water partition coefficient (Wildman–Crippen LogP) is 4.49. The van der Waals surface area contributed by atoms with Crippen molar-refractivity contribution in [3.05, 3.63) is 55.9 Å². The number of carbonyl (C=O) groups is 1. The van der Waals surface area contributed by atoms with Gasteiger partial charge in [0.25, 0.3) is 0 Å². The Morgan fingerprint density at radius 1 is 1.36 bits per heavy atom. The van der Waals surface area contributed by atoms with Crippen LogP contribution in [0.25, 0.3) is 0 Å². The molecule has 1 aromatic carbocycles. The molecule has 6 heteroatoms. The molecule has 1 amide bonds. The van der Waals surface area contributed by atoms with Gasteiger partial charge >= 0.3 is 0 Å². The summed E-state index contributed by atoms with van der Waals surface area (Å²) in [4.78, 5) is 16.1. The number of thiophene rings is 1. The molecule has 0 atom stereocenters. The van der Waals surface area contributed by atoms with E-state index >= 15 is 0 Å². The average molecular weight is 425 g/mol. The maximum atomic E-state index is 13.6. The standard InChI is InChI=1S/C19H22BrFN2OS/c1-13-2-3-14(10-17(13)21)11-22-19(24)15-4-7-23(8-5-15)12-18-16(20)6-9-25-18/h2-3,6,9-10,15H,4-5,7-8,11-12H2,1H3,(H,22,24). The first-order valence-corrected chi connectivity index (χ1v) is 10.2. The van der Waals surface area contributed by atoms with Crippen LogP contribution < -0.4 is 5.32 Å². The smallest absolute Gasteiger partial charge is 0.223 e. The minimum Gasteiger partial charge on any atom is -0.352 e. The van der Waals surface area contributed by atoms with Gasteiger partial charge in [-0.2, -0.15) is 0 Å². The monoisotopic (exact) mass is 424 g/mol. The molecule has 0 saturated carbocycles. The van der Waals surface area contributed by atoms with Crippen LogP contribution >= 0.6 is 27.3 Å². The van der Waals surface area contributed by atoms with E-state index in [2.05, 4.69) is 37.6 Å². The Morgan fingerprint density at radius 3 is 2.76 bits per heavy atom. The highest BCUT2D eigenvalue weighted by Crippen LogP contribution is 2.26. The number of aryl methyl sites for hydroxylation is 1. The first-order valence-electron chi connectivity index (χ1n) is 8.50. The molecule has 1 aliphatic heterocycles. The van der Waals surface area contributed by atoms with E-state index in [0.29, 0.717) is 12.1 Å². The molecule has 0 radical (unpaired) electrons. The number of nitrogens with one attached hydrogen (secondary N) is 1. The van der Waals surface area contributed by atoms with E-state index in [1.54, 1.807) is 24.3 Å². The normalized spacial score (nSPS) is 16.1. The van der Waals surface area contributed by atoms with Crippen LogP contribution in [0.15, 0.2) is 34.1 Å². The zero-order chi connectivity index (χ0) is 17.8. The number of amides is 1. The molecule has 1 aliphatic rings. The Morgan fingerprint density at radius 2 is 2.12 bits per heavy atom. The van der Waals surface area contributed by atoms with Crippen molar-refractivity contribution in [3.63, 3.8) is 0 Å². The maximum absolute atomic E-state index is 13.6. The van der Waals surface area contributed by atoms with Gasteiger partial charge in [0.15, 0.2) is 0 Å². The number of nitrogens with zero attached hydrogens (tertiary/aromatic N) is 1. The van der Waals surface area contributed by atoms with E-state index < -0.39 is 0 Å². The van der Waals surface area contributed by atoms with Crippen molar-refractivity contribution in [3.8, 4) is 0 Å². The molecule has 1 N–H and O–H groups in total. The van der Waals surface area contributed by atoms with Crippen LogP contribution in [-0.2, 0) is 17.9 Å². The molecule has 1 aromatic heterocycles. The molecule has 0 spiro atoms. The van der Waals surface area contributed by atoms with Crippen LogP contribution in [0, 0.1) is 18.7 Å². The number of rotatable bonds is 5. The summed E-state index contributed by atoms with van der Waals surface area (Å²) in [5.41, 5.74) is 1.43. The second-order valence-corrected chi connectivity index (χ2v) is 8.40. The van der Waals surface area contributed by atoms with Gasteiger partial charge in [0.2, 0.25) is 5.91 Å². The highest BCUT2D eigenvalue weighted by Gasteiger charge is 2.25. The number of halogens is 2. The number of likely N-dealkylation sites (tertiary alicyclic amines) is 1. The molecule has 0 aliphatic carbocycles. The lowest BCUT2D eigenvalue weighted by molar-refractivity contribution is -0.126. The molecular formula is C19H22BrFN2OS. The summed E-state index contributed by atoms with van der Waals surface area (Å²) in [6.07, 6.45) is 1.74. The fraction of sp³-hybridized carbons (Fsp3) is 0.421. The summed E-state index contributed by atoms with van der Waals surface area (Å²) < 4.78 is 14.7. The Kier molecular flexibility index (Phi) is 6.25. The van der Waals surface area contributed by atoms with Crippen LogP contribution in [0.3, 0.4) is 0 Å². The molecule has 0 unspecified atom stereocenters. The van der Waals surface area contributed by atoms with Crippen molar-refractivity contribution < 1.29 is 9.18 Å². The summed E-state index contributed by atoms with van der Waals surface area (Å²) in [5.74, 6) is -0.0870. The fourth-order valence-electron chi connectivity index (χ4n) is 3.07. The third-order valence-corrected chi connectivity index (χ3v) is 6.63. The van der Waals surface area contributed by atoms with E-state index in [9.17, 15) is 9.18 Å². The molecule has 1 saturated heterocycles. The molecule has 3 nitrogen and oxygen atoms in total. The van der Waals surface area contributed by atoms with Gasteiger partial charge < -0.3 is 5.32 Å². The van der Waals surface area contributed by atoms with E-state index in [4.69, 9.17) is 0 Å². The van der Waals surface area contributed by atoms with E-state index in [0.717, 1.165) is 38.0 Å². The Balaban J connectivity index is 1.45. The molecule has 0 bridgehead atoms. The van der Waals surface area contributed by atoms with Crippen LogP contribution in [-0.4, -0.2) is 23.9 Å². The quantitative estimate of drug-likeness (QED) is 0.766. The summed E-state index contributed by atoms with van der Waals surface area (Å²) in [5, 5.41) is 5.05. The van der Waals surface area contributed by atoms with E-state index in [-0.39, 0.29) is 17.6 Å². The molecule has 3 rings (SSSR count). The molecule has 2 aromatic rings. The summed E-state index contributed by atoms with van der Waals surface area (Å²) in [6.45, 7) is 4.93. The van der Waals surface area contributed by atoms with Gasteiger partial charge in [0.1, 0.15) is 5.82 Å². The zero-order valence-corrected chi connectivity index (χ0v) is 16.6. The third-order valence-electron chi connectivity index (χ3n) is 4.72. The largest absolute Gasteiger partial charge is 0.352 e. The van der Waals surface area contributed by atoms with Crippen molar-refractivity contribution in [2.75, 3.05) is 13.1 Å². The lowest BCUT2D eigenvalue weighted by Gasteiger charge is -2.31. The number of hydrogen-bond acceptors (Lipinski definition) is 3. The highest BCUT2D eigenvalue weighted by atomic mass is 79.9. The summed E-state index contributed by atoms with van der Waals surface area (Å²) >= 11 is 5.33. The van der Waals surface area contributed by atoms with Crippen LogP contribution in [0.2, 0.25) is 0 Å². The number of benzene rings is 1. The molecule has 2 heterocycles. The van der Waals surface area contributed by atoms with Crippen LogP contribution in [0.5, 0.6) is 0 Å². The third kappa shape index (κ3) is 4.90. The van der Waals surface area contributed by atoms with Crippen molar-refractivity contribution in [1.82, 2.24) is 10.2 Å². The van der Waals surface area contributed by atoms with Gasteiger partial charge in [-0.15, -0.1) is 11.3 Å². The van der Waals surface area contributed by atoms with Crippen molar-refractivity contribution in [2.24, 2.45) is 5.92 Å². The van der Waals surface area contributed by atoms with Gasteiger partial charge in [-0.05, 0) is 77.4 Å². The second-order valence-electron chi connectivity index (χ2n) is 6.54. The zero-order valence-electron chi connectivity index (χ0n) is 14.2. The Labute approximate surface area is 160 Å². The van der Waals surface area contributed by atoms with Gasteiger partial charge in [-0.25, -0.2) is 4.39 Å². The molecule has 134 valence electrons. The first kappa shape index (κ1) is 18.5. The Bertz CT molecular complexity index is 741. The molecular weight excluding hydrogens is 403 g/mol. The van der Waals surface area contributed by atoms with Crippen molar-refractivity contribution in [1.29, 1.82) is 0 Å². The highest BCUT2D eigenvalue weighted by molar-refractivity contribution is 9.10. The number of piperidine rings is 1. The van der Waals surface area contributed by atoms with Gasteiger partial charge in [0.05, 0.1) is 0 Å². The van der Waals surface area contributed by atoms with E-state index in [1.807, 2.05) is 6.07 Å². The molecule has 1 fully saturated rings. The van der Waals surface area contributed by atoms with Crippen LogP contribution in [0.4, 0.5) is 4.39 Å². The Hall–Kier alpha value is -1.24. The number of carbonyl (C=O) groups excluding carboxylic acids is 1. The summed E-state index contributed by atoms with van der Waals surface area (Å²) in [7, 11) is 0. The second kappa shape index (κ2) is 8.43. The van der Waals surface area contributed by atoms with Gasteiger partial charge in [0, 0.05) is 28.4 Å².